The van der Waals surface area contributed by atoms with E-state index in [0.717, 1.165) is 25.7 Å². The number of alkyl halides is 1. The fourth-order valence-corrected chi connectivity index (χ4v) is 5.31. The minimum absolute atomic E-state index is 0.0488. The maximum Gasteiger partial charge on any atom is 0.246 e. The molecule has 1 fully saturated rings. The van der Waals surface area contributed by atoms with E-state index in [-0.39, 0.29) is 6.04 Å². The zero-order valence-corrected chi connectivity index (χ0v) is 14.5. The number of halogens is 1. The van der Waals surface area contributed by atoms with Gasteiger partial charge in [0.2, 0.25) is 10.0 Å². The molecular weight excluding hydrogens is 310 g/mol. The molecule has 2 rings (SSSR count). The van der Waals surface area contributed by atoms with E-state index in [1.807, 2.05) is 13.8 Å². The van der Waals surface area contributed by atoms with E-state index in [2.05, 4.69) is 5.10 Å². The third-order valence-electron chi connectivity index (χ3n) is 4.17. The number of hydrogen-bond donors (Lipinski definition) is 0. The van der Waals surface area contributed by atoms with Gasteiger partial charge in [0.05, 0.1) is 17.9 Å². The Hall–Kier alpha value is -0.590. The summed E-state index contributed by atoms with van der Waals surface area (Å²) in [7, 11) is -3.49. The Balaban J connectivity index is 2.43. The molecule has 0 N–H and O–H groups in total. The van der Waals surface area contributed by atoms with E-state index in [1.165, 1.54) is 0 Å². The zero-order valence-electron chi connectivity index (χ0n) is 13.0. The molecule has 0 amide bonds. The van der Waals surface area contributed by atoms with Crippen LogP contribution in [-0.2, 0) is 16.6 Å². The average molecular weight is 334 g/mol. The highest BCUT2D eigenvalue weighted by Crippen LogP contribution is 2.28. The van der Waals surface area contributed by atoms with Gasteiger partial charge in [-0.05, 0) is 33.6 Å². The molecule has 120 valence electrons. The molecule has 7 heteroatoms. The number of sulfonamides is 1. The van der Waals surface area contributed by atoms with Gasteiger partial charge in [-0.2, -0.15) is 9.40 Å². The fraction of sp³-hybridized carbons (Fsp3) is 0.786. The first-order valence-electron chi connectivity index (χ1n) is 7.51. The highest BCUT2D eigenvalue weighted by Gasteiger charge is 2.34. The molecule has 5 nitrogen and oxygen atoms in total. The molecule has 1 aliphatic rings. The standard InChI is InChI=1S/C14H24ClN3O2S/c1-11-7-5-4-6-9-18(11)21(19,20)14-12(2)16-17(10-8-15)13(14)3/h11H,4-10H2,1-3H3. The van der Waals surface area contributed by atoms with Crippen molar-refractivity contribution in [2.45, 2.75) is 63.9 Å². The van der Waals surface area contributed by atoms with E-state index in [1.54, 1.807) is 15.9 Å². The van der Waals surface area contributed by atoms with Crippen molar-refractivity contribution in [2.75, 3.05) is 12.4 Å². The normalized spacial score (nSPS) is 21.4. The van der Waals surface area contributed by atoms with E-state index in [0.29, 0.717) is 35.3 Å². The number of aromatic nitrogens is 2. The molecule has 0 aromatic carbocycles. The highest BCUT2D eigenvalue weighted by molar-refractivity contribution is 7.89. The average Bonchev–Trinajstić information content (AvgIpc) is 2.59. The van der Waals surface area contributed by atoms with Crippen molar-refractivity contribution in [3.63, 3.8) is 0 Å². The molecule has 1 atom stereocenters. The monoisotopic (exact) mass is 333 g/mol. The maximum atomic E-state index is 13.0. The summed E-state index contributed by atoms with van der Waals surface area (Å²) < 4.78 is 29.4. The summed E-state index contributed by atoms with van der Waals surface area (Å²) in [6, 6.07) is 0.0488. The molecule has 0 bridgehead atoms. The molecular formula is C14H24ClN3O2S. The van der Waals surface area contributed by atoms with Crippen LogP contribution in [0.15, 0.2) is 4.90 Å². The van der Waals surface area contributed by atoms with Crippen LogP contribution in [0.1, 0.15) is 44.0 Å². The van der Waals surface area contributed by atoms with Gasteiger partial charge >= 0.3 is 0 Å². The van der Waals surface area contributed by atoms with Gasteiger partial charge in [0.25, 0.3) is 0 Å². The van der Waals surface area contributed by atoms with Crippen LogP contribution in [-0.4, -0.2) is 41.0 Å². The van der Waals surface area contributed by atoms with Gasteiger partial charge in [0, 0.05) is 18.5 Å². The summed E-state index contributed by atoms with van der Waals surface area (Å²) in [5.41, 5.74) is 1.25. The van der Waals surface area contributed by atoms with Crippen molar-refractivity contribution >= 4 is 21.6 Å². The second-order valence-electron chi connectivity index (χ2n) is 5.73. The Bertz CT molecular complexity index is 598. The van der Waals surface area contributed by atoms with Crippen molar-refractivity contribution in [3.8, 4) is 0 Å². The molecule has 0 spiro atoms. The second kappa shape index (κ2) is 6.67. The van der Waals surface area contributed by atoms with E-state index in [4.69, 9.17) is 11.6 Å². The Morgan fingerprint density at radius 1 is 1.29 bits per heavy atom. The number of hydrogen-bond acceptors (Lipinski definition) is 3. The summed E-state index contributed by atoms with van der Waals surface area (Å²) in [5, 5.41) is 4.34. The van der Waals surface area contributed by atoms with Crippen LogP contribution in [0.25, 0.3) is 0 Å². The minimum atomic E-state index is -3.49. The van der Waals surface area contributed by atoms with Gasteiger partial charge in [-0.15, -0.1) is 11.6 Å². The summed E-state index contributed by atoms with van der Waals surface area (Å²) in [6.07, 6.45) is 4.04. The minimum Gasteiger partial charge on any atom is -0.267 e. The van der Waals surface area contributed by atoms with Crippen LogP contribution in [0.3, 0.4) is 0 Å². The lowest BCUT2D eigenvalue weighted by atomic mass is 10.1. The second-order valence-corrected chi connectivity index (χ2v) is 7.93. The molecule has 1 saturated heterocycles. The number of nitrogens with zero attached hydrogens (tertiary/aromatic N) is 3. The van der Waals surface area contributed by atoms with E-state index >= 15 is 0 Å². The van der Waals surface area contributed by atoms with Crippen molar-refractivity contribution in [1.82, 2.24) is 14.1 Å². The van der Waals surface area contributed by atoms with Crippen LogP contribution in [0.5, 0.6) is 0 Å². The Morgan fingerprint density at radius 2 is 2.00 bits per heavy atom. The quantitative estimate of drug-likeness (QED) is 0.796. The van der Waals surface area contributed by atoms with Gasteiger partial charge in [0.1, 0.15) is 4.90 Å². The smallest absolute Gasteiger partial charge is 0.246 e. The zero-order chi connectivity index (χ0) is 15.6. The molecule has 2 heterocycles. The van der Waals surface area contributed by atoms with Gasteiger partial charge in [0.15, 0.2) is 0 Å². The largest absolute Gasteiger partial charge is 0.267 e. The van der Waals surface area contributed by atoms with Crippen LogP contribution in [0, 0.1) is 13.8 Å². The molecule has 1 unspecified atom stereocenters. The summed E-state index contributed by atoms with van der Waals surface area (Å²) in [5.74, 6) is 0.418. The lowest BCUT2D eigenvalue weighted by Gasteiger charge is -2.26. The maximum absolute atomic E-state index is 13.0. The number of aryl methyl sites for hydroxylation is 2. The molecule has 1 aliphatic heterocycles. The van der Waals surface area contributed by atoms with Crippen LogP contribution >= 0.6 is 11.6 Å². The molecule has 1 aromatic heterocycles. The predicted molar refractivity (Wildman–Crippen MR) is 84.2 cm³/mol. The molecule has 21 heavy (non-hydrogen) atoms. The van der Waals surface area contributed by atoms with Crippen molar-refractivity contribution < 1.29 is 8.42 Å². The summed E-state index contributed by atoms with van der Waals surface area (Å²) >= 11 is 5.76. The number of rotatable bonds is 4. The summed E-state index contributed by atoms with van der Waals surface area (Å²) in [4.78, 5) is 0.362. The Morgan fingerprint density at radius 3 is 2.67 bits per heavy atom. The van der Waals surface area contributed by atoms with Crippen LogP contribution < -0.4 is 0 Å². The predicted octanol–water partition coefficient (Wildman–Crippen LogP) is 2.69. The van der Waals surface area contributed by atoms with Crippen LogP contribution in [0.2, 0.25) is 0 Å². The third-order valence-corrected chi connectivity index (χ3v) is 6.61. The van der Waals surface area contributed by atoms with Crippen molar-refractivity contribution in [2.24, 2.45) is 0 Å². The first-order valence-corrected chi connectivity index (χ1v) is 9.49. The first-order chi connectivity index (χ1) is 9.89. The van der Waals surface area contributed by atoms with Gasteiger partial charge in [-0.25, -0.2) is 8.42 Å². The SMILES string of the molecule is Cc1nn(CCCl)c(C)c1S(=O)(=O)N1CCCCCC1C. The van der Waals surface area contributed by atoms with Crippen molar-refractivity contribution in [3.05, 3.63) is 11.4 Å². The van der Waals surface area contributed by atoms with Gasteiger partial charge in [-0.3, -0.25) is 4.68 Å². The third kappa shape index (κ3) is 3.27. The molecule has 0 saturated carbocycles. The van der Waals surface area contributed by atoms with Gasteiger partial charge < -0.3 is 0 Å². The molecule has 0 radical (unpaired) electrons. The van der Waals surface area contributed by atoms with E-state index < -0.39 is 10.0 Å². The van der Waals surface area contributed by atoms with Crippen molar-refractivity contribution in [1.29, 1.82) is 0 Å². The fourth-order valence-electron chi connectivity index (χ4n) is 3.07. The lowest BCUT2D eigenvalue weighted by molar-refractivity contribution is 0.341. The topological polar surface area (TPSA) is 55.2 Å². The van der Waals surface area contributed by atoms with E-state index in [9.17, 15) is 8.42 Å². The lowest BCUT2D eigenvalue weighted by Crippen LogP contribution is -2.38. The van der Waals surface area contributed by atoms with Crippen LogP contribution in [0.4, 0.5) is 0 Å². The van der Waals surface area contributed by atoms with Gasteiger partial charge in [-0.1, -0.05) is 12.8 Å². The Labute approximate surface area is 132 Å². The summed E-state index contributed by atoms with van der Waals surface area (Å²) in [6.45, 7) is 6.69. The molecule has 0 aliphatic carbocycles. The highest BCUT2D eigenvalue weighted by atomic mass is 35.5. The molecule has 1 aromatic rings. The Kier molecular flexibility index (Phi) is 5.33. The first kappa shape index (κ1) is 16.8.